The van der Waals surface area contributed by atoms with Crippen molar-refractivity contribution in [2.45, 2.75) is 12.8 Å². The topological polar surface area (TPSA) is 50.2 Å². The average Bonchev–Trinajstić information content (AvgIpc) is 3.47. The van der Waals surface area contributed by atoms with Crippen LogP contribution in [-0.2, 0) is 0 Å². The van der Waals surface area contributed by atoms with Gasteiger partial charge in [0.2, 0.25) is 0 Å². The van der Waals surface area contributed by atoms with Crippen LogP contribution >= 0.6 is 11.3 Å². The van der Waals surface area contributed by atoms with E-state index in [0.717, 1.165) is 55.3 Å². The smallest absolute Gasteiger partial charge is 0.257 e. The summed E-state index contributed by atoms with van der Waals surface area (Å²) in [6.07, 6.45) is 4.08. The van der Waals surface area contributed by atoms with E-state index in [2.05, 4.69) is 5.32 Å². The SMILES string of the molecule is O=C(c1cn(-c2ccccc2)nc1-c1cccs1)N1CC[C@@H]2CNC[C@@H]2CC1. The van der Waals surface area contributed by atoms with Crippen molar-refractivity contribution in [2.24, 2.45) is 11.8 Å². The van der Waals surface area contributed by atoms with Crippen molar-refractivity contribution >= 4 is 17.2 Å². The summed E-state index contributed by atoms with van der Waals surface area (Å²) in [5.74, 6) is 1.53. The molecule has 0 bridgehead atoms. The number of aromatic nitrogens is 2. The van der Waals surface area contributed by atoms with E-state index < -0.39 is 0 Å². The molecule has 5 rings (SSSR count). The van der Waals surface area contributed by atoms with Gasteiger partial charge in [-0.25, -0.2) is 4.68 Å². The zero-order valence-electron chi connectivity index (χ0n) is 15.8. The van der Waals surface area contributed by atoms with Crippen LogP contribution in [-0.4, -0.2) is 46.8 Å². The first kappa shape index (κ1) is 17.6. The molecular formula is C22H24N4OS. The van der Waals surface area contributed by atoms with Crippen molar-refractivity contribution in [3.63, 3.8) is 0 Å². The molecule has 2 aliphatic rings. The van der Waals surface area contributed by atoms with Gasteiger partial charge in [-0.3, -0.25) is 4.79 Å². The molecule has 0 spiro atoms. The first-order valence-electron chi connectivity index (χ1n) is 9.98. The van der Waals surface area contributed by atoms with Gasteiger partial charge in [-0.15, -0.1) is 11.3 Å². The van der Waals surface area contributed by atoms with Crippen LogP contribution in [0.1, 0.15) is 23.2 Å². The van der Waals surface area contributed by atoms with Gasteiger partial charge in [0.15, 0.2) is 0 Å². The lowest BCUT2D eigenvalue weighted by molar-refractivity contribution is 0.0759. The van der Waals surface area contributed by atoms with Crippen LogP contribution in [0.4, 0.5) is 0 Å². The number of carbonyl (C=O) groups excluding carboxylic acids is 1. The Morgan fingerprint density at radius 1 is 1.04 bits per heavy atom. The van der Waals surface area contributed by atoms with Crippen LogP contribution in [0.3, 0.4) is 0 Å². The lowest BCUT2D eigenvalue weighted by Crippen LogP contribution is -2.32. The molecule has 0 unspecified atom stereocenters. The van der Waals surface area contributed by atoms with Crippen molar-refractivity contribution in [3.05, 3.63) is 59.6 Å². The van der Waals surface area contributed by atoms with E-state index in [0.29, 0.717) is 17.4 Å². The number of carbonyl (C=O) groups is 1. The molecule has 0 saturated carbocycles. The van der Waals surface area contributed by atoms with E-state index in [-0.39, 0.29) is 5.91 Å². The number of fused-ring (bicyclic) bond motifs is 1. The quantitative estimate of drug-likeness (QED) is 0.740. The molecule has 2 atom stereocenters. The van der Waals surface area contributed by atoms with Gasteiger partial charge >= 0.3 is 0 Å². The number of benzene rings is 1. The molecule has 2 fully saturated rings. The third kappa shape index (κ3) is 3.27. The molecule has 2 saturated heterocycles. The molecule has 0 aliphatic carbocycles. The number of amides is 1. The Bertz CT molecular complexity index is 936. The molecule has 2 aromatic heterocycles. The van der Waals surface area contributed by atoms with E-state index in [1.165, 1.54) is 0 Å². The fourth-order valence-electron chi connectivity index (χ4n) is 4.43. The lowest BCUT2D eigenvalue weighted by atomic mass is 9.92. The van der Waals surface area contributed by atoms with Crippen molar-refractivity contribution < 1.29 is 4.79 Å². The minimum Gasteiger partial charge on any atom is -0.339 e. The Morgan fingerprint density at radius 3 is 2.46 bits per heavy atom. The number of hydrogen-bond donors (Lipinski definition) is 1. The number of nitrogens with zero attached hydrogens (tertiary/aromatic N) is 3. The predicted octanol–water partition coefficient (Wildman–Crippen LogP) is 3.67. The number of hydrogen-bond acceptors (Lipinski definition) is 4. The number of likely N-dealkylation sites (tertiary alicyclic amines) is 1. The van der Waals surface area contributed by atoms with Gasteiger partial charge < -0.3 is 10.2 Å². The summed E-state index contributed by atoms with van der Waals surface area (Å²) in [6.45, 7) is 3.86. The van der Waals surface area contributed by atoms with Crippen molar-refractivity contribution in [1.82, 2.24) is 20.0 Å². The van der Waals surface area contributed by atoms with Crippen LogP contribution in [0.25, 0.3) is 16.3 Å². The van der Waals surface area contributed by atoms with E-state index in [1.54, 1.807) is 11.3 Å². The first-order chi connectivity index (χ1) is 13.8. The summed E-state index contributed by atoms with van der Waals surface area (Å²) in [5.41, 5.74) is 2.46. The second kappa shape index (κ2) is 7.53. The normalized spacial score (nSPS) is 22.1. The highest BCUT2D eigenvalue weighted by molar-refractivity contribution is 7.13. The highest BCUT2D eigenvalue weighted by Gasteiger charge is 2.33. The molecule has 1 amide bonds. The Hall–Kier alpha value is -2.44. The summed E-state index contributed by atoms with van der Waals surface area (Å²) < 4.78 is 1.83. The highest BCUT2D eigenvalue weighted by Crippen LogP contribution is 2.31. The Balaban J connectivity index is 1.48. The molecule has 5 nitrogen and oxygen atoms in total. The Morgan fingerprint density at radius 2 is 1.79 bits per heavy atom. The zero-order chi connectivity index (χ0) is 18.9. The summed E-state index contributed by atoms with van der Waals surface area (Å²) in [4.78, 5) is 16.6. The Labute approximate surface area is 169 Å². The summed E-state index contributed by atoms with van der Waals surface area (Å²) in [6, 6.07) is 14.0. The van der Waals surface area contributed by atoms with Crippen molar-refractivity contribution in [3.8, 4) is 16.3 Å². The summed E-state index contributed by atoms with van der Waals surface area (Å²) >= 11 is 1.63. The monoisotopic (exact) mass is 392 g/mol. The minimum atomic E-state index is 0.110. The predicted molar refractivity (Wildman–Crippen MR) is 112 cm³/mol. The van der Waals surface area contributed by atoms with Crippen LogP contribution in [0, 0.1) is 11.8 Å². The largest absolute Gasteiger partial charge is 0.339 e. The standard InChI is InChI=1S/C22H24N4OS/c27-22(25-10-8-16-13-23-14-17(16)9-11-25)19-15-26(18-5-2-1-3-6-18)24-21(19)20-7-4-12-28-20/h1-7,12,15-17,23H,8-11,13-14H2/t16-,17+. The third-order valence-corrected chi connectivity index (χ3v) is 6.90. The number of thiophene rings is 1. The lowest BCUT2D eigenvalue weighted by Gasteiger charge is -2.20. The fraction of sp³-hybridized carbons (Fsp3) is 0.364. The van der Waals surface area contributed by atoms with E-state index in [9.17, 15) is 4.79 Å². The third-order valence-electron chi connectivity index (χ3n) is 6.03. The maximum absolute atomic E-state index is 13.5. The zero-order valence-corrected chi connectivity index (χ0v) is 16.6. The summed E-state index contributed by atoms with van der Waals surface area (Å²) in [7, 11) is 0. The minimum absolute atomic E-state index is 0.110. The van der Waals surface area contributed by atoms with Gasteiger partial charge in [0.1, 0.15) is 5.69 Å². The molecule has 144 valence electrons. The summed E-state index contributed by atoms with van der Waals surface area (Å²) in [5, 5.41) is 10.3. The second-order valence-corrected chi connectivity index (χ2v) is 8.64. The average molecular weight is 393 g/mol. The van der Waals surface area contributed by atoms with E-state index >= 15 is 0 Å². The maximum atomic E-state index is 13.5. The fourth-order valence-corrected chi connectivity index (χ4v) is 5.15. The van der Waals surface area contributed by atoms with Gasteiger partial charge in [-0.1, -0.05) is 24.3 Å². The number of nitrogens with one attached hydrogen (secondary N) is 1. The van der Waals surface area contributed by atoms with Gasteiger partial charge in [0.05, 0.1) is 16.1 Å². The van der Waals surface area contributed by atoms with Crippen LogP contribution in [0.2, 0.25) is 0 Å². The molecular weight excluding hydrogens is 368 g/mol. The van der Waals surface area contributed by atoms with E-state index in [4.69, 9.17) is 5.10 Å². The van der Waals surface area contributed by atoms with Crippen molar-refractivity contribution in [2.75, 3.05) is 26.2 Å². The van der Waals surface area contributed by atoms with Gasteiger partial charge in [0.25, 0.3) is 5.91 Å². The van der Waals surface area contributed by atoms with E-state index in [1.807, 2.05) is 63.6 Å². The highest BCUT2D eigenvalue weighted by atomic mass is 32.1. The molecule has 0 radical (unpaired) electrons. The van der Waals surface area contributed by atoms with Gasteiger partial charge in [0, 0.05) is 19.3 Å². The van der Waals surface area contributed by atoms with Crippen LogP contribution in [0.15, 0.2) is 54.0 Å². The maximum Gasteiger partial charge on any atom is 0.257 e. The molecule has 3 aromatic rings. The van der Waals surface area contributed by atoms with Gasteiger partial charge in [-0.05, 0) is 61.3 Å². The molecule has 2 aliphatic heterocycles. The number of rotatable bonds is 3. The van der Waals surface area contributed by atoms with Crippen molar-refractivity contribution in [1.29, 1.82) is 0 Å². The van der Waals surface area contributed by atoms with Gasteiger partial charge in [-0.2, -0.15) is 5.10 Å². The molecule has 1 N–H and O–H groups in total. The molecule has 6 heteroatoms. The molecule has 1 aromatic carbocycles. The first-order valence-corrected chi connectivity index (χ1v) is 10.9. The number of para-hydroxylation sites is 1. The molecule has 28 heavy (non-hydrogen) atoms. The Kier molecular flexibility index (Phi) is 4.74. The van der Waals surface area contributed by atoms with Crippen LogP contribution < -0.4 is 5.32 Å². The molecule has 4 heterocycles. The van der Waals surface area contributed by atoms with Crippen LogP contribution in [0.5, 0.6) is 0 Å². The second-order valence-electron chi connectivity index (χ2n) is 7.70.